The van der Waals surface area contributed by atoms with Gasteiger partial charge in [-0.25, -0.2) is 10.4 Å². The number of hydrogen-bond acceptors (Lipinski definition) is 12. The number of pyridine rings is 1. The monoisotopic (exact) mass is 859 g/mol. The van der Waals surface area contributed by atoms with Crippen molar-refractivity contribution in [2.24, 2.45) is 29.1 Å². The van der Waals surface area contributed by atoms with Crippen molar-refractivity contribution in [1.29, 1.82) is 5.26 Å². The molecular formula is C48H61N9O6. The van der Waals surface area contributed by atoms with Gasteiger partial charge in [0.05, 0.1) is 54.4 Å². The predicted octanol–water partition coefficient (Wildman–Crippen LogP) is 5.84. The number of esters is 1. The van der Waals surface area contributed by atoms with Gasteiger partial charge in [-0.05, 0) is 81.7 Å². The van der Waals surface area contributed by atoms with Crippen LogP contribution in [0.15, 0.2) is 41.1 Å². The first-order valence-corrected chi connectivity index (χ1v) is 22.8. The zero-order chi connectivity index (χ0) is 44.3. The first-order valence-electron chi connectivity index (χ1n) is 22.8. The zero-order valence-corrected chi connectivity index (χ0v) is 37.6. The Morgan fingerprint density at radius 1 is 1.10 bits per heavy atom. The standard InChI is InChI=1S/C48H61N9O6/c1-27-28(2)42(27)45(58)52-38-21-41-51-39(25-62-41)31-10-11-40-34(19-31)36(22-48(4,5)26-63-47(60)37-9-8-12-56(53-37)46(38)59)44(57(40)32-17-30(18-32)23-49)35-20-33(24-50-43(35)29(3)61-7)55-15-13-54(6)14-16-55/h10-11,19-20,24-25,27-30,32,37-38,42,53H,8-9,12-18,21-22,26H2,1-7H3,(H,52,58)/t27-,28+,29-,30?,32?,37-,38-,42?/m0/s1. The molecule has 334 valence electrons. The number of benzene rings is 1. The van der Waals surface area contributed by atoms with E-state index >= 15 is 0 Å². The van der Waals surface area contributed by atoms with Gasteiger partial charge < -0.3 is 33.6 Å². The van der Waals surface area contributed by atoms with E-state index in [0.29, 0.717) is 37.4 Å². The van der Waals surface area contributed by atoms with Gasteiger partial charge in [-0.1, -0.05) is 33.8 Å². The summed E-state index contributed by atoms with van der Waals surface area (Å²) >= 11 is 0. The number of rotatable bonds is 7. The number of oxazole rings is 1. The fourth-order valence-corrected chi connectivity index (χ4v) is 10.1. The van der Waals surface area contributed by atoms with Gasteiger partial charge in [0.1, 0.15) is 24.0 Å². The number of hydrogen-bond donors (Lipinski definition) is 2. The lowest BCUT2D eigenvalue weighted by atomic mass is 9.80. The molecule has 2 saturated heterocycles. The second-order valence-electron chi connectivity index (χ2n) is 19.6. The number of amides is 2. The Balaban J connectivity index is 1.20. The van der Waals surface area contributed by atoms with E-state index in [-0.39, 0.29) is 60.7 Å². The van der Waals surface area contributed by atoms with Gasteiger partial charge in [0, 0.05) is 79.2 Å². The fraction of sp³-hybridized carbons (Fsp3) is 0.583. The van der Waals surface area contributed by atoms with Gasteiger partial charge in [0.25, 0.3) is 5.91 Å². The van der Waals surface area contributed by atoms with Crippen LogP contribution in [0.3, 0.4) is 0 Å². The average molecular weight is 860 g/mol. The minimum Gasteiger partial charge on any atom is -0.464 e. The maximum Gasteiger partial charge on any atom is 0.324 e. The predicted molar refractivity (Wildman–Crippen MR) is 237 cm³/mol. The van der Waals surface area contributed by atoms with Crippen molar-refractivity contribution >= 4 is 34.4 Å². The van der Waals surface area contributed by atoms with Crippen molar-refractivity contribution in [3.63, 3.8) is 0 Å². The molecule has 15 heteroatoms. The average Bonchev–Trinajstić information content (AvgIpc) is 3.52. The molecule has 1 aromatic carbocycles. The third-order valence-corrected chi connectivity index (χ3v) is 14.5. The molecule has 5 aliphatic rings. The van der Waals surface area contributed by atoms with Crippen molar-refractivity contribution in [1.82, 2.24) is 35.2 Å². The van der Waals surface area contributed by atoms with Crippen LogP contribution in [0.5, 0.6) is 0 Å². The smallest absolute Gasteiger partial charge is 0.324 e. The molecule has 3 aromatic heterocycles. The van der Waals surface area contributed by atoms with Crippen LogP contribution in [0.1, 0.15) is 89.6 Å². The van der Waals surface area contributed by atoms with Crippen LogP contribution in [0.2, 0.25) is 0 Å². The van der Waals surface area contributed by atoms with Crippen LogP contribution in [-0.4, -0.2) is 108 Å². The summed E-state index contributed by atoms with van der Waals surface area (Å²) in [5, 5.41) is 15.5. The van der Waals surface area contributed by atoms with Gasteiger partial charge in [-0.15, -0.1) is 0 Å². The number of carbonyl (C=O) groups excluding carboxylic acids is 3. The van der Waals surface area contributed by atoms with Gasteiger partial charge in [0.15, 0.2) is 5.89 Å². The van der Waals surface area contributed by atoms with Crippen LogP contribution in [0, 0.1) is 40.4 Å². The number of cyclic esters (lactones) is 1. The van der Waals surface area contributed by atoms with Crippen molar-refractivity contribution in [2.75, 3.05) is 58.4 Å². The van der Waals surface area contributed by atoms with Crippen LogP contribution in [0.25, 0.3) is 33.4 Å². The summed E-state index contributed by atoms with van der Waals surface area (Å²) < 4.78 is 20.7. The molecule has 4 fully saturated rings. The first-order chi connectivity index (χ1) is 30.2. The van der Waals surface area contributed by atoms with Crippen LogP contribution in [0.4, 0.5) is 5.69 Å². The van der Waals surface area contributed by atoms with E-state index in [0.717, 1.165) is 83.7 Å². The van der Waals surface area contributed by atoms with Crippen LogP contribution in [-0.2, 0) is 36.7 Å². The molecule has 0 radical (unpaired) electrons. The molecule has 3 aliphatic heterocycles. The second kappa shape index (κ2) is 17.0. The summed E-state index contributed by atoms with van der Waals surface area (Å²) in [6.45, 7) is 14.5. The number of ether oxygens (including phenoxy) is 2. The van der Waals surface area contributed by atoms with Crippen molar-refractivity contribution in [3.8, 4) is 28.6 Å². The number of hydrazine groups is 1. The molecule has 2 aliphatic carbocycles. The Kier molecular flexibility index (Phi) is 11.6. The summed E-state index contributed by atoms with van der Waals surface area (Å²) in [5.74, 6) is -0.398. The molecule has 6 heterocycles. The van der Waals surface area contributed by atoms with E-state index in [1.54, 1.807) is 13.4 Å². The highest BCUT2D eigenvalue weighted by Crippen LogP contribution is 2.49. The number of piperazine rings is 1. The van der Waals surface area contributed by atoms with E-state index < -0.39 is 23.5 Å². The number of nitriles is 1. The summed E-state index contributed by atoms with van der Waals surface area (Å²) in [5.41, 5.74) is 10.0. The van der Waals surface area contributed by atoms with Gasteiger partial charge >= 0.3 is 5.97 Å². The second-order valence-corrected chi connectivity index (χ2v) is 19.6. The third-order valence-electron chi connectivity index (χ3n) is 14.5. The summed E-state index contributed by atoms with van der Waals surface area (Å²) in [7, 11) is 3.86. The molecule has 1 unspecified atom stereocenters. The number of nitrogens with one attached hydrogen (secondary N) is 2. The molecule has 63 heavy (non-hydrogen) atoms. The summed E-state index contributed by atoms with van der Waals surface area (Å²) in [6.07, 6.45) is 6.39. The van der Waals surface area contributed by atoms with Crippen molar-refractivity contribution < 1.29 is 28.3 Å². The van der Waals surface area contributed by atoms with Crippen molar-refractivity contribution in [3.05, 3.63) is 53.9 Å². The number of methoxy groups -OCH3 is 1. The Hall–Kier alpha value is -5.30. The highest BCUT2D eigenvalue weighted by molar-refractivity contribution is 5.96. The molecule has 2 N–H and O–H groups in total. The number of fused-ring (bicyclic) bond motifs is 6. The van der Waals surface area contributed by atoms with E-state index in [1.807, 2.05) is 27.0 Å². The zero-order valence-electron chi connectivity index (χ0n) is 37.6. The Morgan fingerprint density at radius 2 is 1.86 bits per heavy atom. The Morgan fingerprint density at radius 3 is 2.57 bits per heavy atom. The molecule has 2 saturated carbocycles. The highest BCUT2D eigenvalue weighted by Gasteiger charge is 2.49. The van der Waals surface area contributed by atoms with Gasteiger partial charge in [0.2, 0.25) is 5.91 Å². The first kappa shape index (κ1) is 43.0. The summed E-state index contributed by atoms with van der Waals surface area (Å²) in [4.78, 5) is 56.5. The van der Waals surface area contributed by atoms with E-state index in [1.165, 1.54) is 5.01 Å². The molecule has 6 bridgehead atoms. The number of carbonyl (C=O) groups is 3. The normalized spacial score (nSPS) is 28.1. The fourth-order valence-electron chi connectivity index (χ4n) is 10.1. The minimum atomic E-state index is -0.964. The molecule has 0 spiro atoms. The number of likely N-dealkylation sites (N-methyl/N-ethyl adjacent to an activating group) is 1. The van der Waals surface area contributed by atoms with E-state index in [9.17, 15) is 19.6 Å². The van der Waals surface area contributed by atoms with E-state index in [2.05, 4.69) is 76.3 Å². The lowest BCUT2D eigenvalue weighted by molar-refractivity contribution is -0.155. The third kappa shape index (κ3) is 8.33. The Labute approximate surface area is 369 Å². The lowest BCUT2D eigenvalue weighted by Crippen LogP contribution is -2.60. The molecule has 6 atom stereocenters. The maximum atomic E-state index is 14.2. The van der Waals surface area contributed by atoms with Crippen LogP contribution >= 0.6 is 0 Å². The number of aromatic nitrogens is 3. The number of anilines is 1. The largest absolute Gasteiger partial charge is 0.464 e. The SMILES string of the molecule is CO[C@@H](C)c1ncc(N2CCN(C)CC2)cc1-c1c2c3cc(ccc3n1C1CC(C#N)C1)-c1coc(n1)C[C@H](NC(=O)C1[C@@H](C)[C@H]1C)C(=O)N1CCC[C@H](N1)C(=O)OCC(C)(C)C2. The highest BCUT2D eigenvalue weighted by atomic mass is 16.5. The lowest BCUT2D eigenvalue weighted by Gasteiger charge is -2.36. The van der Waals surface area contributed by atoms with E-state index in [4.69, 9.17) is 23.9 Å². The maximum absolute atomic E-state index is 14.2. The molecule has 2 amide bonds. The van der Waals surface area contributed by atoms with Gasteiger partial charge in [-0.3, -0.25) is 24.4 Å². The van der Waals surface area contributed by atoms with Crippen LogP contribution < -0.4 is 15.6 Å². The minimum absolute atomic E-state index is 0.0361. The molecule has 15 nitrogen and oxygen atoms in total. The summed E-state index contributed by atoms with van der Waals surface area (Å²) in [6, 6.07) is 9.49. The molecule has 4 aromatic rings. The van der Waals surface area contributed by atoms with Gasteiger partial charge in [-0.2, -0.15) is 5.26 Å². The molecular weight excluding hydrogens is 799 g/mol. The number of nitrogens with zero attached hydrogens (tertiary/aromatic N) is 7. The van der Waals surface area contributed by atoms with Crippen molar-refractivity contribution in [2.45, 2.75) is 97.4 Å². The quantitative estimate of drug-likeness (QED) is 0.213. The topological polar surface area (TPSA) is 171 Å². The molecule has 9 rings (SSSR count). The Bertz CT molecular complexity index is 2430.